The van der Waals surface area contributed by atoms with Gasteiger partial charge in [0.15, 0.2) is 13.2 Å². The van der Waals surface area contributed by atoms with E-state index in [0.717, 1.165) is 24.3 Å². The van der Waals surface area contributed by atoms with E-state index in [0.29, 0.717) is 17.1 Å². The van der Waals surface area contributed by atoms with Gasteiger partial charge in [0.1, 0.15) is 11.5 Å². The standard InChI is InChI=1S/C17H12F3NO4/c18-17(19,20)10-1-3-11(4-2-10)21-16(23)9-24-12-5-6-13-14(22)8-25-15(13)7-12/h1-7H,8-9H2,(H,21,23). The van der Waals surface area contributed by atoms with Gasteiger partial charge in [-0.05, 0) is 36.4 Å². The zero-order valence-corrected chi connectivity index (χ0v) is 12.7. The van der Waals surface area contributed by atoms with Crippen LogP contribution >= 0.6 is 0 Å². The molecule has 0 aromatic heterocycles. The maximum Gasteiger partial charge on any atom is 0.416 e. The molecule has 2 aromatic carbocycles. The van der Waals surface area contributed by atoms with Crippen LogP contribution in [-0.4, -0.2) is 24.9 Å². The van der Waals surface area contributed by atoms with E-state index in [1.165, 1.54) is 12.1 Å². The van der Waals surface area contributed by atoms with E-state index in [-0.39, 0.29) is 24.7 Å². The lowest BCUT2D eigenvalue weighted by atomic mass is 10.1. The summed E-state index contributed by atoms with van der Waals surface area (Å²) in [5.74, 6) is 0.0838. The van der Waals surface area contributed by atoms with Gasteiger partial charge in [-0.3, -0.25) is 9.59 Å². The summed E-state index contributed by atoms with van der Waals surface area (Å²) >= 11 is 0. The van der Waals surface area contributed by atoms with Crippen molar-refractivity contribution in [2.75, 3.05) is 18.5 Å². The van der Waals surface area contributed by atoms with E-state index >= 15 is 0 Å². The molecule has 0 saturated carbocycles. The van der Waals surface area contributed by atoms with Crippen molar-refractivity contribution in [3.05, 3.63) is 53.6 Å². The number of carbonyl (C=O) groups is 2. The summed E-state index contributed by atoms with van der Waals surface area (Å²) in [6.07, 6.45) is -4.43. The van der Waals surface area contributed by atoms with E-state index in [4.69, 9.17) is 9.47 Å². The molecule has 0 saturated heterocycles. The molecule has 1 amide bonds. The molecule has 0 spiro atoms. The van der Waals surface area contributed by atoms with Gasteiger partial charge in [0.05, 0.1) is 11.1 Å². The number of ketones is 1. The Kier molecular flexibility index (Phi) is 4.35. The molecule has 0 bridgehead atoms. The lowest BCUT2D eigenvalue weighted by Crippen LogP contribution is -2.20. The van der Waals surface area contributed by atoms with Crippen LogP contribution in [0, 0.1) is 0 Å². The molecule has 0 radical (unpaired) electrons. The van der Waals surface area contributed by atoms with Crippen LogP contribution in [0.3, 0.4) is 0 Å². The monoisotopic (exact) mass is 351 g/mol. The van der Waals surface area contributed by atoms with Gasteiger partial charge in [-0.15, -0.1) is 0 Å². The van der Waals surface area contributed by atoms with Crippen molar-refractivity contribution in [3.8, 4) is 11.5 Å². The second kappa shape index (κ2) is 6.46. The van der Waals surface area contributed by atoms with Crippen LogP contribution in [0.2, 0.25) is 0 Å². The molecule has 1 heterocycles. The van der Waals surface area contributed by atoms with Crippen LogP contribution < -0.4 is 14.8 Å². The number of hydrogen-bond donors (Lipinski definition) is 1. The molecule has 130 valence electrons. The maximum atomic E-state index is 12.5. The molecule has 1 aliphatic heterocycles. The minimum Gasteiger partial charge on any atom is -0.485 e. The number of rotatable bonds is 4. The number of amides is 1. The Morgan fingerprint density at radius 1 is 1.16 bits per heavy atom. The summed E-state index contributed by atoms with van der Waals surface area (Å²) < 4.78 is 47.9. The third-order valence-corrected chi connectivity index (χ3v) is 3.48. The van der Waals surface area contributed by atoms with Gasteiger partial charge in [-0.1, -0.05) is 0 Å². The summed E-state index contributed by atoms with van der Waals surface area (Å²) in [5.41, 5.74) is -0.111. The van der Waals surface area contributed by atoms with Gasteiger partial charge in [-0.25, -0.2) is 0 Å². The van der Waals surface area contributed by atoms with Crippen molar-refractivity contribution in [3.63, 3.8) is 0 Å². The van der Waals surface area contributed by atoms with Crippen molar-refractivity contribution in [1.29, 1.82) is 0 Å². The molecular formula is C17H12F3NO4. The summed E-state index contributed by atoms with van der Waals surface area (Å²) in [6, 6.07) is 8.68. The third kappa shape index (κ3) is 3.90. The molecule has 8 heteroatoms. The molecule has 1 aliphatic rings. The fourth-order valence-electron chi connectivity index (χ4n) is 2.25. The number of benzene rings is 2. The van der Waals surface area contributed by atoms with Crippen molar-refractivity contribution in [2.45, 2.75) is 6.18 Å². The first-order valence-electron chi connectivity index (χ1n) is 7.23. The highest BCUT2D eigenvalue weighted by atomic mass is 19.4. The second-order valence-electron chi connectivity index (χ2n) is 5.28. The molecule has 0 atom stereocenters. The van der Waals surface area contributed by atoms with E-state index in [2.05, 4.69) is 5.32 Å². The molecule has 2 aromatic rings. The second-order valence-corrected chi connectivity index (χ2v) is 5.28. The summed E-state index contributed by atoms with van der Waals surface area (Å²) in [6.45, 7) is -0.360. The number of anilines is 1. The third-order valence-electron chi connectivity index (χ3n) is 3.48. The first kappa shape index (κ1) is 16.8. The Hall–Kier alpha value is -3.03. The predicted molar refractivity (Wildman–Crippen MR) is 81.8 cm³/mol. The van der Waals surface area contributed by atoms with E-state index < -0.39 is 17.6 Å². The Morgan fingerprint density at radius 2 is 1.88 bits per heavy atom. The van der Waals surface area contributed by atoms with Crippen molar-refractivity contribution in [2.24, 2.45) is 0 Å². The molecule has 0 unspecified atom stereocenters. The molecule has 0 fully saturated rings. The average Bonchev–Trinajstić information content (AvgIpc) is 2.93. The van der Waals surface area contributed by atoms with Crippen LogP contribution in [0.15, 0.2) is 42.5 Å². The number of hydrogen-bond acceptors (Lipinski definition) is 4. The zero-order chi connectivity index (χ0) is 18.0. The van der Waals surface area contributed by atoms with Gasteiger partial charge >= 0.3 is 6.18 Å². The first-order chi connectivity index (χ1) is 11.8. The largest absolute Gasteiger partial charge is 0.485 e. The smallest absolute Gasteiger partial charge is 0.416 e. The summed E-state index contributed by atoms with van der Waals surface area (Å²) in [4.78, 5) is 23.2. The lowest BCUT2D eigenvalue weighted by molar-refractivity contribution is -0.137. The van der Waals surface area contributed by atoms with Crippen molar-refractivity contribution in [1.82, 2.24) is 0 Å². The van der Waals surface area contributed by atoms with Crippen LogP contribution in [0.4, 0.5) is 18.9 Å². The highest BCUT2D eigenvalue weighted by molar-refractivity contribution is 6.02. The van der Waals surface area contributed by atoms with Gasteiger partial charge in [-0.2, -0.15) is 13.2 Å². The van der Waals surface area contributed by atoms with Crippen LogP contribution in [0.5, 0.6) is 11.5 Å². The number of halogens is 3. The summed E-state index contributed by atoms with van der Waals surface area (Å²) in [5, 5.41) is 2.43. The quantitative estimate of drug-likeness (QED) is 0.918. The highest BCUT2D eigenvalue weighted by Gasteiger charge is 2.30. The van der Waals surface area contributed by atoms with E-state index in [9.17, 15) is 22.8 Å². The minimum atomic E-state index is -4.43. The summed E-state index contributed by atoms with van der Waals surface area (Å²) in [7, 11) is 0. The van der Waals surface area contributed by atoms with Crippen LogP contribution in [0.1, 0.15) is 15.9 Å². The van der Waals surface area contributed by atoms with Gasteiger partial charge in [0, 0.05) is 11.8 Å². The SMILES string of the molecule is O=C(COc1ccc2c(c1)OCC2=O)Nc1ccc(C(F)(F)F)cc1. The van der Waals surface area contributed by atoms with Crippen LogP contribution in [0.25, 0.3) is 0 Å². The molecule has 5 nitrogen and oxygen atoms in total. The highest BCUT2D eigenvalue weighted by Crippen LogP contribution is 2.30. The maximum absolute atomic E-state index is 12.5. The Balaban J connectivity index is 1.56. The fraction of sp³-hybridized carbons (Fsp3) is 0.176. The molecule has 0 aliphatic carbocycles. The van der Waals surface area contributed by atoms with Gasteiger partial charge < -0.3 is 14.8 Å². The zero-order valence-electron chi connectivity index (χ0n) is 12.7. The minimum absolute atomic E-state index is 0.0206. The van der Waals surface area contributed by atoms with Crippen LogP contribution in [-0.2, 0) is 11.0 Å². The molecule has 25 heavy (non-hydrogen) atoms. The lowest BCUT2D eigenvalue weighted by Gasteiger charge is -2.10. The number of fused-ring (bicyclic) bond motifs is 1. The van der Waals surface area contributed by atoms with Crippen molar-refractivity contribution < 1.29 is 32.2 Å². The number of carbonyl (C=O) groups excluding carboxylic acids is 2. The van der Waals surface area contributed by atoms with Gasteiger partial charge in [0.25, 0.3) is 5.91 Å². The first-order valence-corrected chi connectivity index (χ1v) is 7.23. The Morgan fingerprint density at radius 3 is 2.56 bits per heavy atom. The number of nitrogens with one attached hydrogen (secondary N) is 1. The molecule has 1 N–H and O–H groups in total. The Labute approximate surface area is 140 Å². The Bertz CT molecular complexity index is 816. The molecule has 3 rings (SSSR count). The number of ether oxygens (including phenoxy) is 2. The predicted octanol–water partition coefficient (Wildman–Crippen LogP) is 3.30. The number of Topliss-reactive ketones (excluding diaryl/α,β-unsaturated/α-hetero) is 1. The normalized spacial score (nSPS) is 13.2. The fourth-order valence-corrected chi connectivity index (χ4v) is 2.25. The van der Waals surface area contributed by atoms with E-state index in [1.54, 1.807) is 6.07 Å². The topological polar surface area (TPSA) is 64.6 Å². The molecular weight excluding hydrogens is 339 g/mol. The number of alkyl halides is 3. The average molecular weight is 351 g/mol. The van der Waals surface area contributed by atoms with Gasteiger partial charge in [0.2, 0.25) is 5.78 Å². The van der Waals surface area contributed by atoms with E-state index in [1.807, 2.05) is 0 Å². The van der Waals surface area contributed by atoms with Crippen molar-refractivity contribution >= 4 is 17.4 Å².